The van der Waals surface area contributed by atoms with E-state index in [0.29, 0.717) is 18.2 Å². The SMILES string of the molecule is Cc1ccccc1Nc1nc(N[C@@H]2CC[C@@H](C(=O)N3CCCC3)C[C@@H]2N)ncc1C(N)=O. The Bertz CT molecular complexity index is 990. The van der Waals surface area contributed by atoms with Crippen LogP contribution in [0.1, 0.15) is 48.0 Å². The number of rotatable bonds is 6. The molecule has 0 spiro atoms. The summed E-state index contributed by atoms with van der Waals surface area (Å²) in [6, 6.07) is 7.47. The summed E-state index contributed by atoms with van der Waals surface area (Å²) in [6.07, 6.45) is 5.78. The van der Waals surface area contributed by atoms with E-state index in [1.165, 1.54) is 6.20 Å². The highest BCUT2D eigenvalue weighted by atomic mass is 16.2. The Labute approximate surface area is 188 Å². The lowest BCUT2D eigenvalue weighted by Crippen LogP contribution is -2.48. The second kappa shape index (κ2) is 9.52. The molecule has 2 fully saturated rings. The first-order valence-electron chi connectivity index (χ1n) is 11.2. The fourth-order valence-corrected chi connectivity index (χ4v) is 4.54. The van der Waals surface area contributed by atoms with Gasteiger partial charge in [0.05, 0.1) is 0 Å². The van der Waals surface area contributed by atoms with Gasteiger partial charge in [-0.2, -0.15) is 4.98 Å². The first-order chi connectivity index (χ1) is 15.4. The van der Waals surface area contributed by atoms with Crippen molar-refractivity contribution in [1.82, 2.24) is 14.9 Å². The third-order valence-corrected chi connectivity index (χ3v) is 6.43. The fraction of sp³-hybridized carbons (Fsp3) is 0.478. The van der Waals surface area contributed by atoms with Crippen molar-refractivity contribution in [2.24, 2.45) is 17.4 Å². The van der Waals surface area contributed by atoms with Crippen molar-refractivity contribution in [2.45, 2.75) is 51.1 Å². The lowest BCUT2D eigenvalue weighted by atomic mass is 9.82. The molecule has 4 rings (SSSR count). The van der Waals surface area contributed by atoms with Crippen molar-refractivity contribution in [3.8, 4) is 0 Å². The van der Waals surface area contributed by atoms with Gasteiger partial charge in [0.1, 0.15) is 11.4 Å². The van der Waals surface area contributed by atoms with Crippen LogP contribution < -0.4 is 22.1 Å². The summed E-state index contributed by atoms with van der Waals surface area (Å²) in [4.78, 5) is 35.4. The normalized spacial score (nSPS) is 23.1. The zero-order chi connectivity index (χ0) is 22.7. The van der Waals surface area contributed by atoms with Gasteiger partial charge < -0.3 is 27.0 Å². The smallest absolute Gasteiger partial charge is 0.254 e. The molecule has 1 aromatic heterocycles. The maximum atomic E-state index is 12.7. The summed E-state index contributed by atoms with van der Waals surface area (Å²) in [5.74, 6) is 0.331. The predicted octanol–water partition coefficient (Wildman–Crippen LogP) is 2.16. The van der Waals surface area contributed by atoms with Gasteiger partial charge in [-0.25, -0.2) is 4.98 Å². The zero-order valence-corrected chi connectivity index (χ0v) is 18.4. The molecule has 170 valence electrons. The number of para-hydroxylation sites is 1. The molecule has 2 aliphatic rings. The van der Waals surface area contributed by atoms with Gasteiger partial charge in [-0.05, 0) is 50.7 Å². The summed E-state index contributed by atoms with van der Waals surface area (Å²) < 4.78 is 0. The number of anilines is 3. The summed E-state index contributed by atoms with van der Waals surface area (Å²) in [6.45, 7) is 3.69. The molecule has 0 radical (unpaired) electrons. The number of aryl methyl sites for hydroxylation is 1. The van der Waals surface area contributed by atoms with Gasteiger partial charge in [-0.1, -0.05) is 18.2 Å². The monoisotopic (exact) mass is 437 g/mol. The molecule has 2 aromatic rings. The van der Waals surface area contributed by atoms with Crippen LogP contribution in [0.5, 0.6) is 0 Å². The summed E-state index contributed by atoms with van der Waals surface area (Å²) in [5, 5.41) is 6.49. The predicted molar refractivity (Wildman–Crippen MR) is 124 cm³/mol. The quantitative estimate of drug-likeness (QED) is 0.543. The van der Waals surface area contributed by atoms with Gasteiger partial charge in [0.2, 0.25) is 11.9 Å². The minimum Gasteiger partial charge on any atom is -0.365 e. The van der Waals surface area contributed by atoms with Crippen molar-refractivity contribution >= 4 is 29.3 Å². The number of primary amides is 1. The first kappa shape index (κ1) is 22.0. The van der Waals surface area contributed by atoms with Crippen LogP contribution in [0.3, 0.4) is 0 Å². The molecule has 0 bridgehead atoms. The number of hydrogen-bond donors (Lipinski definition) is 4. The highest BCUT2D eigenvalue weighted by molar-refractivity contribution is 5.98. The van der Waals surface area contributed by atoms with Crippen LogP contribution >= 0.6 is 0 Å². The second-order valence-corrected chi connectivity index (χ2v) is 8.72. The van der Waals surface area contributed by atoms with E-state index in [0.717, 1.165) is 50.0 Å². The van der Waals surface area contributed by atoms with Crippen LogP contribution in [0.15, 0.2) is 30.5 Å². The number of nitrogens with one attached hydrogen (secondary N) is 2. The molecule has 1 aromatic carbocycles. The maximum Gasteiger partial charge on any atom is 0.254 e. The summed E-state index contributed by atoms with van der Waals surface area (Å²) in [5.41, 5.74) is 14.0. The Balaban J connectivity index is 1.45. The van der Waals surface area contributed by atoms with Crippen LogP contribution in [0.2, 0.25) is 0 Å². The molecule has 0 unspecified atom stereocenters. The average molecular weight is 438 g/mol. The third kappa shape index (κ3) is 4.83. The Morgan fingerprint density at radius 2 is 1.91 bits per heavy atom. The van der Waals surface area contributed by atoms with E-state index in [4.69, 9.17) is 11.5 Å². The van der Waals surface area contributed by atoms with Crippen molar-refractivity contribution in [3.63, 3.8) is 0 Å². The molecule has 3 atom stereocenters. The standard InChI is InChI=1S/C23H31N7O2/c1-14-6-2-3-7-18(14)27-21-16(20(25)31)13-26-23(29-21)28-19-9-8-15(12-17(19)24)22(32)30-10-4-5-11-30/h2-3,6-7,13,15,17,19H,4-5,8-12,24H2,1H3,(H2,25,31)(H2,26,27,28,29)/t15-,17+,19-/m1/s1. The minimum absolute atomic E-state index is 0.0161. The van der Waals surface area contributed by atoms with E-state index in [2.05, 4.69) is 20.6 Å². The summed E-state index contributed by atoms with van der Waals surface area (Å²) >= 11 is 0. The van der Waals surface area contributed by atoms with Crippen LogP contribution in [0, 0.1) is 12.8 Å². The van der Waals surface area contributed by atoms with Crippen molar-refractivity contribution in [2.75, 3.05) is 23.7 Å². The van der Waals surface area contributed by atoms with Crippen LogP contribution in [0.4, 0.5) is 17.5 Å². The second-order valence-electron chi connectivity index (χ2n) is 8.72. The van der Waals surface area contributed by atoms with Crippen LogP contribution in [0.25, 0.3) is 0 Å². The minimum atomic E-state index is -0.606. The van der Waals surface area contributed by atoms with E-state index >= 15 is 0 Å². The van der Waals surface area contributed by atoms with Gasteiger partial charge in [-0.3, -0.25) is 9.59 Å². The van der Waals surface area contributed by atoms with E-state index in [-0.39, 0.29) is 29.5 Å². The van der Waals surface area contributed by atoms with Gasteiger partial charge in [0, 0.05) is 43.0 Å². The Morgan fingerprint density at radius 3 is 2.59 bits per heavy atom. The highest BCUT2D eigenvalue weighted by Gasteiger charge is 2.35. The number of nitrogens with two attached hydrogens (primary N) is 2. The number of carbonyl (C=O) groups is 2. The van der Waals surface area contributed by atoms with E-state index in [1.807, 2.05) is 36.1 Å². The topological polar surface area (TPSA) is 139 Å². The zero-order valence-electron chi connectivity index (χ0n) is 18.4. The molecular weight excluding hydrogens is 406 g/mol. The molecule has 2 amide bonds. The molecule has 9 heteroatoms. The molecule has 1 saturated carbocycles. The molecule has 1 saturated heterocycles. The van der Waals surface area contributed by atoms with E-state index in [9.17, 15) is 9.59 Å². The molecule has 1 aliphatic heterocycles. The van der Waals surface area contributed by atoms with Gasteiger partial charge >= 0.3 is 0 Å². The lowest BCUT2D eigenvalue weighted by Gasteiger charge is -2.35. The van der Waals surface area contributed by atoms with Gasteiger partial charge in [0.25, 0.3) is 5.91 Å². The Morgan fingerprint density at radius 1 is 1.16 bits per heavy atom. The number of benzene rings is 1. The Kier molecular flexibility index (Phi) is 6.55. The maximum absolute atomic E-state index is 12.7. The molecule has 2 heterocycles. The van der Waals surface area contributed by atoms with Crippen molar-refractivity contribution in [1.29, 1.82) is 0 Å². The first-order valence-corrected chi connectivity index (χ1v) is 11.2. The number of hydrogen-bond acceptors (Lipinski definition) is 7. The third-order valence-electron chi connectivity index (χ3n) is 6.43. The number of carbonyl (C=O) groups excluding carboxylic acids is 2. The van der Waals surface area contributed by atoms with Gasteiger partial charge in [-0.15, -0.1) is 0 Å². The van der Waals surface area contributed by atoms with Crippen molar-refractivity contribution < 1.29 is 9.59 Å². The summed E-state index contributed by atoms with van der Waals surface area (Å²) in [7, 11) is 0. The number of amides is 2. The van der Waals surface area contributed by atoms with Crippen LogP contribution in [-0.2, 0) is 4.79 Å². The van der Waals surface area contributed by atoms with Gasteiger partial charge in [0.15, 0.2) is 0 Å². The van der Waals surface area contributed by atoms with Crippen LogP contribution in [-0.4, -0.2) is 51.9 Å². The number of nitrogens with zero attached hydrogens (tertiary/aromatic N) is 3. The largest absolute Gasteiger partial charge is 0.365 e. The fourth-order valence-electron chi connectivity index (χ4n) is 4.54. The molecular formula is C23H31N7O2. The van der Waals surface area contributed by atoms with E-state index < -0.39 is 5.91 Å². The lowest BCUT2D eigenvalue weighted by molar-refractivity contribution is -0.135. The molecule has 32 heavy (non-hydrogen) atoms. The number of aromatic nitrogens is 2. The Hall–Kier alpha value is -3.20. The number of likely N-dealkylation sites (tertiary alicyclic amines) is 1. The highest BCUT2D eigenvalue weighted by Crippen LogP contribution is 2.29. The molecule has 1 aliphatic carbocycles. The molecule has 9 nitrogen and oxygen atoms in total. The van der Waals surface area contributed by atoms with E-state index in [1.54, 1.807) is 0 Å². The molecule has 6 N–H and O–H groups in total. The average Bonchev–Trinajstić information content (AvgIpc) is 3.31. The van der Waals surface area contributed by atoms with Crippen molar-refractivity contribution in [3.05, 3.63) is 41.6 Å².